The molecule has 9 nitrogen and oxygen atoms in total. The highest BCUT2D eigenvalue weighted by Gasteiger charge is 2.40. The highest BCUT2D eigenvalue weighted by molar-refractivity contribution is 5.98. The molecule has 0 bridgehead atoms. The average molecular weight is 482 g/mol. The third-order valence-corrected chi connectivity index (χ3v) is 6.98. The molecule has 2 amide bonds. The van der Waals surface area contributed by atoms with E-state index in [0.717, 1.165) is 35.0 Å². The number of hydrogen-bond donors (Lipinski definition) is 0. The monoisotopic (exact) mass is 481 g/mol. The smallest absolute Gasteiger partial charge is 0.296 e. The lowest BCUT2D eigenvalue weighted by atomic mass is 9.97. The average Bonchev–Trinajstić information content (AvgIpc) is 3.62. The fourth-order valence-corrected chi connectivity index (χ4v) is 4.96. The standard InChI is InChI=1S/C27H27N7O2/c1-27(2)17-32(25(35)22-16-19-8-6-7-11-21(19)23(28-22)18-12-13-18)14-15-33(27)26(36)24-29-31-34(30-24)20-9-4-3-5-10-20/h3-11,16,18H,12-15,17H2,1-2H3. The van der Waals surface area contributed by atoms with Crippen LogP contribution < -0.4 is 0 Å². The minimum absolute atomic E-state index is 0.0389. The summed E-state index contributed by atoms with van der Waals surface area (Å²) in [5, 5.41) is 14.5. The number of carbonyl (C=O) groups excluding carboxylic acids is 2. The van der Waals surface area contributed by atoms with Gasteiger partial charge in [-0.15, -0.1) is 15.0 Å². The van der Waals surface area contributed by atoms with Crippen molar-refractivity contribution in [1.29, 1.82) is 0 Å². The van der Waals surface area contributed by atoms with E-state index in [1.807, 2.05) is 68.4 Å². The number of pyridine rings is 1. The maximum atomic E-state index is 13.6. The van der Waals surface area contributed by atoms with Gasteiger partial charge in [-0.1, -0.05) is 42.5 Å². The quantitative estimate of drug-likeness (QED) is 0.443. The minimum Gasteiger partial charge on any atom is -0.333 e. The van der Waals surface area contributed by atoms with Gasteiger partial charge in [0.15, 0.2) is 0 Å². The second kappa shape index (κ2) is 8.51. The van der Waals surface area contributed by atoms with Crippen LogP contribution in [0.2, 0.25) is 0 Å². The van der Waals surface area contributed by atoms with Crippen molar-refractivity contribution in [2.45, 2.75) is 38.1 Å². The van der Waals surface area contributed by atoms with E-state index >= 15 is 0 Å². The van der Waals surface area contributed by atoms with E-state index in [-0.39, 0.29) is 17.6 Å². The molecule has 1 aliphatic carbocycles. The normalized spacial score (nSPS) is 17.4. The molecule has 2 fully saturated rings. The topological polar surface area (TPSA) is 97.1 Å². The van der Waals surface area contributed by atoms with E-state index < -0.39 is 5.54 Å². The van der Waals surface area contributed by atoms with E-state index in [1.54, 1.807) is 9.80 Å². The van der Waals surface area contributed by atoms with Crippen molar-refractivity contribution in [3.63, 3.8) is 0 Å². The van der Waals surface area contributed by atoms with Crippen LogP contribution in [0.15, 0.2) is 60.7 Å². The van der Waals surface area contributed by atoms with Gasteiger partial charge >= 0.3 is 0 Å². The Morgan fingerprint density at radius 2 is 1.69 bits per heavy atom. The molecule has 1 saturated carbocycles. The summed E-state index contributed by atoms with van der Waals surface area (Å²) in [6, 6.07) is 19.4. The summed E-state index contributed by atoms with van der Waals surface area (Å²) < 4.78 is 0. The summed E-state index contributed by atoms with van der Waals surface area (Å²) >= 11 is 0. The molecular weight excluding hydrogens is 454 g/mol. The number of tetrazole rings is 1. The molecule has 0 radical (unpaired) electrons. The Labute approximate surface area is 208 Å². The first-order valence-corrected chi connectivity index (χ1v) is 12.3. The van der Waals surface area contributed by atoms with Gasteiger partial charge in [0.05, 0.1) is 16.9 Å². The summed E-state index contributed by atoms with van der Waals surface area (Å²) in [5.41, 5.74) is 1.61. The molecular formula is C27H27N7O2. The van der Waals surface area contributed by atoms with Crippen LogP contribution in [0.1, 0.15) is 59.4 Å². The highest BCUT2D eigenvalue weighted by Crippen LogP contribution is 2.42. The summed E-state index contributed by atoms with van der Waals surface area (Å²) in [6.45, 7) is 5.08. The highest BCUT2D eigenvalue weighted by atomic mass is 16.2. The molecule has 2 aromatic heterocycles. The SMILES string of the molecule is CC1(C)CN(C(=O)c2cc3ccccc3c(C3CC3)n2)CCN1C(=O)c1nnn(-c2ccccc2)n1. The number of aromatic nitrogens is 5. The number of nitrogens with zero attached hydrogens (tertiary/aromatic N) is 7. The third kappa shape index (κ3) is 4.00. The second-order valence-electron chi connectivity index (χ2n) is 10.1. The lowest BCUT2D eigenvalue weighted by molar-refractivity contribution is 0.0158. The number of rotatable bonds is 4. The molecule has 6 rings (SSSR count). The van der Waals surface area contributed by atoms with Gasteiger partial charge in [0, 0.05) is 30.9 Å². The molecule has 1 aliphatic heterocycles. The van der Waals surface area contributed by atoms with E-state index in [2.05, 4.69) is 21.5 Å². The Hall–Kier alpha value is -4.14. The van der Waals surface area contributed by atoms with Crippen LogP contribution in [0.4, 0.5) is 0 Å². The van der Waals surface area contributed by atoms with Crippen molar-refractivity contribution in [2.24, 2.45) is 0 Å². The molecule has 2 aromatic carbocycles. The fourth-order valence-electron chi connectivity index (χ4n) is 4.96. The first kappa shape index (κ1) is 22.3. The summed E-state index contributed by atoms with van der Waals surface area (Å²) in [6.07, 6.45) is 2.23. The zero-order valence-electron chi connectivity index (χ0n) is 20.3. The summed E-state index contributed by atoms with van der Waals surface area (Å²) in [7, 11) is 0. The van der Waals surface area contributed by atoms with Gasteiger partial charge in [-0.3, -0.25) is 9.59 Å². The molecule has 2 aliphatic rings. The number of amides is 2. The zero-order valence-corrected chi connectivity index (χ0v) is 20.3. The molecule has 182 valence electrons. The fraction of sp³-hybridized carbons (Fsp3) is 0.333. The van der Waals surface area contributed by atoms with Gasteiger partial charge in [0.1, 0.15) is 5.69 Å². The maximum Gasteiger partial charge on any atom is 0.296 e. The molecule has 0 N–H and O–H groups in total. The first-order chi connectivity index (χ1) is 17.4. The van der Waals surface area contributed by atoms with Crippen molar-refractivity contribution in [3.05, 3.63) is 77.9 Å². The molecule has 36 heavy (non-hydrogen) atoms. The van der Waals surface area contributed by atoms with Crippen LogP contribution in [-0.2, 0) is 0 Å². The van der Waals surface area contributed by atoms with Crippen LogP contribution >= 0.6 is 0 Å². The van der Waals surface area contributed by atoms with E-state index in [1.165, 1.54) is 4.80 Å². The van der Waals surface area contributed by atoms with Gasteiger partial charge in [0.25, 0.3) is 17.6 Å². The zero-order chi connectivity index (χ0) is 24.9. The van der Waals surface area contributed by atoms with Crippen LogP contribution in [-0.4, -0.2) is 72.0 Å². The summed E-state index contributed by atoms with van der Waals surface area (Å²) in [4.78, 5) is 36.6. The predicted molar refractivity (Wildman–Crippen MR) is 134 cm³/mol. The Bertz CT molecular complexity index is 1460. The number of hydrogen-bond acceptors (Lipinski definition) is 6. The maximum absolute atomic E-state index is 13.6. The van der Waals surface area contributed by atoms with Gasteiger partial charge in [-0.2, -0.15) is 0 Å². The number of para-hydroxylation sites is 1. The second-order valence-corrected chi connectivity index (χ2v) is 10.1. The Morgan fingerprint density at radius 1 is 0.944 bits per heavy atom. The van der Waals surface area contributed by atoms with Crippen LogP contribution in [0.25, 0.3) is 16.5 Å². The molecule has 3 heterocycles. The minimum atomic E-state index is -0.612. The largest absolute Gasteiger partial charge is 0.333 e. The molecule has 4 aromatic rings. The van der Waals surface area contributed by atoms with E-state index in [0.29, 0.717) is 31.2 Å². The lowest BCUT2D eigenvalue weighted by Gasteiger charge is -2.46. The van der Waals surface area contributed by atoms with Gasteiger partial charge in [-0.05, 0) is 55.5 Å². The summed E-state index contributed by atoms with van der Waals surface area (Å²) in [5.74, 6) is 0.0763. The van der Waals surface area contributed by atoms with Crippen molar-refractivity contribution in [3.8, 4) is 5.69 Å². The molecule has 0 atom stereocenters. The molecule has 0 unspecified atom stereocenters. The van der Waals surface area contributed by atoms with Crippen molar-refractivity contribution in [1.82, 2.24) is 35.0 Å². The Morgan fingerprint density at radius 3 is 2.44 bits per heavy atom. The van der Waals surface area contributed by atoms with Crippen LogP contribution in [0.5, 0.6) is 0 Å². The Kier molecular flexibility index (Phi) is 5.28. The lowest BCUT2D eigenvalue weighted by Crippen LogP contribution is -2.62. The Balaban J connectivity index is 1.21. The van der Waals surface area contributed by atoms with E-state index in [4.69, 9.17) is 4.98 Å². The van der Waals surface area contributed by atoms with Crippen molar-refractivity contribution >= 4 is 22.6 Å². The van der Waals surface area contributed by atoms with Gasteiger partial charge in [0.2, 0.25) is 0 Å². The molecule has 0 spiro atoms. The number of benzene rings is 2. The third-order valence-electron chi connectivity index (χ3n) is 6.98. The van der Waals surface area contributed by atoms with Gasteiger partial charge in [-0.25, -0.2) is 4.98 Å². The van der Waals surface area contributed by atoms with Crippen LogP contribution in [0.3, 0.4) is 0 Å². The predicted octanol–water partition coefficient (Wildman–Crippen LogP) is 3.46. The van der Waals surface area contributed by atoms with Crippen molar-refractivity contribution in [2.75, 3.05) is 19.6 Å². The van der Waals surface area contributed by atoms with E-state index in [9.17, 15) is 9.59 Å². The molecule has 9 heteroatoms. The number of carbonyl (C=O) groups is 2. The number of fused-ring (bicyclic) bond motifs is 1. The van der Waals surface area contributed by atoms with Crippen LogP contribution in [0, 0.1) is 0 Å². The number of piperazine rings is 1. The van der Waals surface area contributed by atoms with Gasteiger partial charge < -0.3 is 9.80 Å². The van der Waals surface area contributed by atoms with Crippen molar-refractivity contribution < 1.29 is 9.59 Å². The first-order valence-electron chi connectivity index (χ1n) is 12.3. The molecule has 1 saturated heterocycles.